The number of aryl methyl sites for hydroxylation is 1. The molecule has 0 unspecified atom stereocenters. The molecule has 0 fully saturated rings. The standard InChI is InChI=1S/C13H11BrFNS/c1-8-2-4-9(5-3-8)17-13-7-11(15)10(14)6-12(13)16/h2-7H,16H2,1H3. The first-order valence-electron chi connectivity index (χ1n) is 5.05. The molecule has 0 radical (unpaired) electrons. The van der Waals surface area contributed by atoms with E-state index in [1.54, 1.807) is 6.07 Å². The predicted octanol–water partition coefficient (Wildman–Crippen LogP) is 4.63. The summed E-state index contributed by atoms with van der Waals surface area (Å²) in [6.45, 7) is 2.03. The molecule has 2 rings (SSSR count). The molecule has 2 N–H and O–H groups in total. The third-order valence-electron chi connectivity index (χ3n) is 2.30. The van der Waals surface area contributed by atoms with Crippen molar-refractivity contribution in [3.63, 3.8) is 0 Å². The first-order valence-corrected chi connectivity index (χ1v) is 6.66. The van der Waals surface area contributed by atoms with Gasteiger partial charge in [0, 0.05) is 15.5 Å². The fraction of sp³-hybridized carbons (Fsp3) is 0.0769. The van der Waals surface area contributed by atoms with Crippen LogP contribution in [0.15, 0.2) is 50.7 Å². The minimum Gasteiger partial charge on any atom is -0.398 e. The summed E-state index contributed by atoms with van der Waals surface area (Å²) >= 11 is 4.57. The van der Waals surface area contributed by atoms with Gasteiger partial charge in [-0.25, -0.2) is 4.39 Å². The molecule has 2 aromatic carbocycles. The fourth-order valence-electron chi connectivity index (χ4n) is 1.37. The molecular weight excluding hydrogens is 301 g/mol. The van der Waals surface area contributed by atoms with Gasteiger partial charge in [-0.15, -0.1) is 0 Å². The lowest BCUT2D eigenvalue weighted by molar-refractivity contribution is 0.618. The maximum absolute atomic E-state index is 13.4. The van der Waals surface area contributed by atoms with Crippen molar-refractivity contribution in [3.05, 3.63) is 52.3 Å². The first-order chi connectivity index (χ1) is 8.06. The van der Waals surface area contributed by atoms with Gasteiger partial charge in [0.05, 0.1) is 4.47 Å². The summed E-state index contributed by atoms with van der Waals surface area (Å²) in [7, 11) is 0. The Morgan fingerprint density at radius 1 is 1.18 bits per heavy atom. The van der Waals surface area contributed by atoms with Crippen molar-refractivity contribution in [2.45, 2.75) is 16.7 Å². The minimum atomic E-state index is -0.297. The van der Waals surface area contributed by atoms with Crippen molar-refractivity contribution in [2.24, 2.45) is 0 Å². The molecule has 0 aromatic heterocycles. The van der Waals surface area contributed by atoms with Crippen molar-refractivity contribution in [2.75, 3.05) is 5.73 Å². The van der Waals surface area contributed by atoms with E-state index in [1.165, 1.54) is 23.4 Å². The molecule has 2 aromatic rings. The van der Waals surface area contributed by atoms with Gasteiger partial charge in [0.15, 0.2) is 0 Å². The smallest absolute Gasteiger partial charge is 0.138 e. The predicted molar refractivity (Wildman–Crippen MR) is 73.8 cm³/mol. The number of benzene rings is 2. The summed E-state index contributed by atoms with van der Waals surface area (Å²) in [5.41, 5.74) is 7.62. The first kappa shape index (κ1) is 12.5. The van der Waals surface area contributed by atoms with Gasteiger partial charge in [0.2, 0.25) is 0 Å². The lowest BCUT2D eigenvalue weighted by Crippen LogP contribution is -1.91. The molecule has 4 heteroatoms. The van der Waals surface area contributed by atoms with E-state index in [0.717, 1.165) is 9.79 Å². The SMILES string of the molecule is Cc1ccc(Sc2cc(F)c(Br)cc2N)cc1. The molecule has 0 saturated carbocycles. The van der Waals surface area contributed by atoms with Gasteiger partial charge >= 0.3 is 0 Å². The Balaban J connectivity index is 2.30. The van der Waals surface area contributed by atoms with E-state index < -0.39 is 0 Å². The van der Waals surface area contributed by atoms with Crippen LogP contribution in [0.5, 0.6) is 0 Å². The molecule has 88 valence electrons. The summed E-state index contributed by atoms with van der Waals surface area (Å²) in [6, 6.07) is 11.1. The zero-order valence-electron chi connectivity index (χ0n) is 9.21. The van der Waals surface area contributed by atoms with Gasteiger partial charge in [-0.1, -0.05) is 29.5 Å². The van der Waals surface area contributed by atoms with Gasteiger partial charge in [0.1, 0.15) is 5.82 Å². The Hall–Kier alpha value is -1.00. The molecule has 0 aliphatic heterocycles. The Kier molecular flexibility index (Phi) is 3.74. The van der Waals surface area contributed by atoms with Crippen molar-refractivity contribution in [3.8, 4) is 0 Å². The van der Waals surface area contributed by atoms with E-state index >= 15 is 0 Å². The van der Waals surface area contributed by atoms with Crippen LogP contribution in [0, 0.1) is 12.7 Å². The lowest BCUT2D eigenvalue weighted by atomic mass is 10.2. The van der Waals surface area contributed by atoms with Gasteiger partial charge < -0.3 is 5.73 Å². The Morgan fingerprint density at radius 3 is 2.47 bits per heavy atom. The number of hydrogen-bond acceptors (Lipinski definition) is 2. The average molecular weight is 312 g/mol. The van der Waals surface area contributed by atoms with E-state index in [-0.39, 0.29) is 5.82 Å². The van der Waals surface area contributed by atoms with Crippen LogP contribution in [-0.4, -0.2) is 0 Å². The molecule has 0 saturated heterocycles. The lowest BCUT2D eigenvalue weighted by Gasteiger charge is -2.07. The number of halogens is 2. The van der Waals surface area contributed by atoms with E-state index in [1.807, 2.05) is 31.2 Å². The molecule has 0 aliphatic carbocycles. The second-order valence-corrected chi connectivity index (χ2v) is 5.69. The average Bonchev–Trinajstić information content (AvgIpc) is 2.29. The summed E-state index contributed by atoms with van der Waals surface area (Å²) in [5.74, 6) is -0.297. The third kappa shape index (κ3) is 3.01. The number of rotatable bonds is 2. The third-order valence-corrected chi connectivity index (χ3v) is 3.99. The summed E-state index contributed by atoms with van der Waals surface area (Å²) in [6.07, 6.45) is 0. The highest BCUT2D eigenvalue weighted by Gasteiger charge is 2.07. The number of anilines is 1. The number of nitrogen functional groups attached to an aromatic ring is 1. The fourth-order valence-corrected chi connectivity index (χ4v) is 2.59. The highest BCUT2D eigenvalue weighted by atomic mass is 79.9. The zero-order valence-corrected chi connectivity index (χ0v) is 11.6. The van der Waals surface area contributed by atoms with Gasteiger partial charge in [-0.2, -0.15) is 0 Å². The van der Waals surface area contributed by atoms with E-state index in [2.05, 4.69) is 15.9 Å². The highest BCUT2D eigenvalue weighted by molar-refractivity contribution is 9.10. The van der Waals surface area contributed by atoms with Crippen LogP contribution in [-0.2, 0) is 0 Å². The van der Waals surface area contributed by atoms with Crippen LogP contribution >= 0.6 is 27.7 Å². The molecule has 0 heterocycles. The van der Waals surface area contributed by atoms with Gasteiger partial charge in [-0.3, -0.25) is 0 Å². The Morgan fingerprint density at radius 2 is 1.82 bits per heavy atom. The quantitative estimate of drug-likeness (QED) is 0.818. The van der Waals surface area contributed by atoms with Crippen molar-refractivity contribution in [1.29, 1.82) is 0 Å². The maximum Gasteiger partial charge on any atom is 0.138 e. The number of nitrogens with two attached hydrogens (primary N) is 1. The monoisotopic (exact) mass is 311 g/mol. The second kappa shape index (κ2) is 5.10. The largest absolute Gasteiger partial charge is 0.398 e. The molecule has 0 amide bonds. The van der Waals surface area contributed by atoms with Crippen LogP contribution in [0.4, 0.5) is 10.1 Å². The van der Waals surface area contributed by atoms with E-state index in [0.29, 0.717) is 10.2 Å². The molecule has 1 nitrogen and oxygen atoms in total. The Bertz CT molecular complexity index is 540. The summed E-state index contributed by atoms with van der Waals surface area (Å²) in [4.78, 5) is 1.78. The van der Waals surface area contributed by atoms with Crippen LogP contribution in [0.2, 0.25) is 0 Å². The van der Waals surface area contributed by atoms with Crippen LogP contribution in [0.1, 0.15) is 5.56 Å². The zero-order chi connectivity index (χ0) is 12.4. The van der Waals surface area contributed by atoms with Crippen LogP contribution in [0.3, 0.4) is 0 Å². The molecule has 0 atom stereocenters. The minimum absolute atomic E-state index is 0.297. The topological polar surface area (TPSA) is 26.0 Å². The highest BCUT2D eigenvalue weighted by Crippen LogP contribution is 2.34. The van der Waals surface area contributed by atoms with Crippen molar-refractivity contribution >= 4 is 33.4 Å². The molecular formula is C13H11BrFNS. The van der Waals surface area contributed by atoms with Crippen LogP contribution < -0.4 is 5.73 Å². The van der Waals surface area contributed by atoms with Crippen molar-refractivity contribution < 1.29 is 4.39 Å². The number of hydrogen-bond donors (Lipinski definition) is 1. The van der Waals surface area contributed by atoms with E-state index in [9.17, 15) is 4.39 Å². The summed E-state index contributed by atoms with van der Waals surface area (Å²) < 4.78 is 13.8. The molecule has 0 spiro atoms. The molecule has 0 aliphatic rings. The van der Waals surface area contributed by atoms with E-state index in [4.69, 9.17) is 5.73 Å². The van der Waals surface area contributed by atoms with Gasteiger partial charge in [0.25, 0.3) is 0 Å². The normalized spacial score (nSPS) is 10.5. The Labute approximate surface area is 112 Å². The summed E-state index contributed by atoms with van der Waals surface area (Å²) in [5, 5.41) is 0. The molecule has 17 heavy (non-hydrogen) atoms. The van der Waals surface area contributed by atoms with Crippen LogP contribution in [0.25, 0.3) is 0 Å². The van der Waals surface area contributed by atoms with Gasteiger partial charge in [-0.05, 0) is 47.1 Å². The van der Waals surface area contributed by atoms with Crippen molar-refractivity contribution in [1.82, 2.24) is 0 Å². The maximum atomic E-state index is 13.4. The molecule has 0 bridgehead atoms. The second-order valence-electron chi connectivity index (χ2n) is 3.72.